The number of hydrogen-bond acceptors (Lipinski definition) is 2. The van der Waals surface area contributed by atoms with Crippen LogP contribution in [0.2, 0.25) is 0 Å². The SMILES string of the molecule is CCCc1ccc(C(=O)NCCCCc2cccnc2)cc1CCC. The van der Waals surface area contributed by atoms with E-state index >= 15 is 0 Å². The zero-order chi connectivity index (χ0) is 17.9. The maximum absolute atomic E-state index is 12.4. The van der Waals surface area contributed by atoms with Crippen LogP contribution in [0, 0.1) is 0 Å². The van der Waals surface area contributed by atoms with Crippen molar-refractivity contribution in [2.75, 3.05) is 6.54 Å². The van der Waals surface area contributed by atoms with Gasteiger partial charge in [-0.1, -0.05) is 38.8 Å². The van der Waals surface area contributed by atoms with Crippen LogP contribution in [0.1, 0.15) is 66.6 Å². The molecule has 2 aromatic rings. The molecule has 1 amide bonds. The van der Waals surface area contributed by atoms with E-state index in [1.165, 1.54) is 16.7 Å². The standard InChI is InChI=1S/C22H30N2O/c1-3-8-19-12-13-21(16-20(19)9-4-2)22(25)24-15-6-5-10-18-11-7-14-23-17-18/h7,11-14,16-17H,3-6,8-10,15H2,1-2H3,(H,24,25). The molecule has 1 aromatic carbocycles. The number of benzene rings is 1. The molecule has 0 bridgehead atoms. The summed E-state index contributed by atoms with van der Waals surface area (Å²) >= 11 is 0. The van der Waals surface area contributed by atoms with Gasteiger partial charge in [0.05, 0.1) is 0 Å². The van der Waals surface area contributed by atoms with Crippen molar-refractivity contribution in [1.29, 1.82) is 0 Å². The van der Waals surface area contributed by atoms with E-state index in [1.54, 1.807) is 6.20 Å². The monoisotopic (exact) mass is 338 g/mol. The third kappa shape index (κ3) is 6.33. The second-order valence-corrected chi connectivity index (χ2v) is 6.56. The van der Waals surface area contributed by atoms with E-state index in [0.29, 0.717) is 0 Å². The lowest BCUT2D eigenvalue weighted by Crippen LogP contribution is -2.24. The summed E-state index contributed by atoms with van der Waals surface area (Å²) in [5.74, 6) is 0.0433. The van der Waals surface area contributed by atoms with Gasteiger partial charge in [0.25, 0.3) is 5.91 Å². The van der Waals surface area contributed by atoms with Gasteiger partial charge in [0.2, 0.25) is 0 Å². The van der Waals surface area contributed by atoms with Gasteiger partial charge in [0.15, 0.2) is 0 Å². The van der Waals surface area contributed by atoms with Crippen LogP contribution < -0.4 is 5.32 Å². The molecule has 2 rings (SSSR count). The van der Waals surface area contributed by atoms with E-state index in [-0.39, 0.29) is 5.91 Å². The van der Waals surface area contributed by atoms with Crippen LogP contribution >= 0.6 is 0 Å². The molecular formula is C22H30N2O. The Bertz CT molecular complexity index is 652. The molecule has 0 aliphatic rings. The van der Waals surface area contributed by atoms with Gasteiger partial charge in [0, 0.05) is 24.5 Å². The third-order valence-electron chi connectivity index (χ3n) is 4.41. The smallest absolute Gasteiger partial charge is 0.251 e. The van der Waals surface area contributed by atoms with Gasteiger partial charge >= 0.3 is 0 Å². The zero-order valence-electron chi connectivity index (χ0n) is 15.6. The Morgan fingerprint density at radius 2 is 1.80 bits per heavy atom. The highest BCUT2D eigenvalue weighted by atomic mass is 16.1. The van der Waals surface area contributed by atoms with Crippen molar-refractivity contribution in [3.63, 3.8) is 0 Å². The number of amides is 1. The number of rotatable bonds is 10. The second-order valence-electron chi connectivity index (χ2n) is 6.56. The van der Waals surface area contributed by atoms with Gasteiger partial charge in [0.1, 0.15) is 0 Å². The predicted octanol–water partition coefficient (Wildman–Crippen LogP) is 4.74. The van der Waals surface area contributed by atoms with Gasteiger partial charge in [-0.25, -0.2) is 0 Å². The van der Waals surface area contributed by atoms with Crippen molar-refractivity contribution >= 4 is 5.91 Å². The zero-order valence-corrected chi connectivity index (χ0v) is 15.6. The van der Waals surface area contributed by atoms with Crippen LogP contribution in [0.3, 0.4) is 0 Å². The van der Waals surface area contributed by atoms with Crippen molar-refractivity contribution in [2.24, 2.45) is 0 Å². The minimum absolute atomic E-state index is 0.0433. The quantitative estimate of drug-likeness (QED) is 0.636. The fourth-order valence-electron chi connectivity index (χ4n) is 3.09. The van der Waals surface area contributed by atoms with Crippen LogP contribution in [0.25, 0.3) is 0 Å². The summed E-state index contributed by atoms with van der Waals surface area (Å²) in [6.45, 7) is 5.10. The van der Waals surface area contributed by atoms with Crippen LogP contribution in [0.15, 0.2) is 42.7 Å². The summed E-state index contributed by atoms with van der Waals surface area (Å²) in [7, 11) is 0. The Kier molecular flexibility index (Phi) is 8.17. The van der Waals surface area contributed by atoms with Gasteiger partial charge in [-0.3, -0.25) is 9.78 Å². The minimum atomic E-state index is 0.0433. The average molecular weight is 338 g/mol. The summed E-state index contributed by atoms with van der Waals surface area (Å²) in [5, 5.41) is 3.05. The molecule has 1 aromatic heterocycles. The highest BCUT2D eigenvalue weighted by molar-refractivity contribution is 5.94. The summed E-state index contributed by atoms with van der Waals surface area (Å²) < 4.78 is 0. The number of nitrogens with zero attached hydrogens (tertiary/aromatic N) is 1. The maximum Gasteiger partial charge on any atom is 0.251 e. The Hall–Kier alpha value is -2.16. The van der Waals surface area contributed by atoms with Crippen molar-refractivity contribution in [3.05, 3.63) is 65.0 Å². The number of carbonyl (C=O) groups excluding carboxylic acids is 1. The molecule has 1 N–H and O–H groups in total. The fraction of sp³-hybridized carbons (Fsp3) is 0.455. The first kappa shape index (κ1) is 19.2. The molecule has 134 valence electrons. The number of nitrogens with one attached hydrogen (secondary N) is 1. The summed E-state index contributed by atoms with van der Waals surface area (Å²) in [5.41, 5.74) is 4.76. The number of carbonyl (C=O) groups is 1. The fourth-order valence-corrected chi connectivity index (χ4v) is 3.09. The third-order valence-corrected chi connectivity index (χ3v) is 4.41. The topological polar surface area (TPSA) is 42.0 Å². The Morgan fingerprint density at radius 1 is 1.00 bits per heavy atom. The minimum Gasteiger partial charge on any atom is -0.352 e. The lowest BCUT2D eigenvalue weighted by molar-refractivity contribution is 0.0953. The number of aromatic nitrogens is 1. The van der Waals surface area contributed by atoms with E-state index in [2.05, 4.69) is 42.3 Å². The van der Waals surface area contributed by atoms with E-state index in [0.717, 1.165) is 57.1 Å². The normalized spacial score (nSPS) is 10.6. The molecule has 0 saturated carbocycles. The molecule has 0 fully saturated rings. The molecule has 1 heterocycles. The Balaban J connectivity index is 1.80. The summed E-state index contributed by atoms with van der Waals surface area (Å²) in [6.07, 6.45) is 11.1. The van der Waals surface area contributed by atoms with Gasteiger partial charge in [-0.05, 0) is 67.0 Å². The van der Waals surface area contributed by atoms with Gasteiger partial charge < -0.3 is 5.32 Å². The average Bonchev–Trinajstić information content (AvgIpc) is 2.64. The van der Waals surface area contributed by atoms with Crippen molar-refractivity contribution in [3.8, 4) is 0 Å². The second kappa shape index (κ2) is 10.7. The van der Waals surface area contributed by atoms with Crippen molar-refractivity contribution < 1.29 is 4.79 Å². The van der Waals surface area contributed by atoms with Crippen LogP contribution in [0.4, 0.5) is 0 Å². The molecule has 3 nitrogen and oxygen atoms in total. The largest absolute Gasteiger partial charge is 0.352 e. The lowest BCUT2D eigenvalue weighted by Gasteiger charge is -2.11. The number of pyridine rings is 1. The van der Waals surface area contributed by atoms with Crippen molar-refractivity contribution in [2.45, 2.75) is 58.8 Å². The molecule has 0 aliphatic carbocycles. The molecule has 0 atom stereocenters. The Labute approximate surface area is 151 Å². The first-order valence-corrected chi connectivity index (χ1v) is 9.53. The first-order chi connectivity index (χ1) is 12.2. The highest BCUT2D eigenvalue weighted by Gasteiger charge is 2.09. The molecule has 25 heavy (non-hydrogen) atoms. The first-order valence-electron chi connectivity index (χ1n) is 9.53. The van der Waals surface area contributed by atoms with Crippen LogP contribution in [-0.4, -0.2) is 17.4 Å². The number of aryl methyl sites for hydroxylation is 3. The van der Waals surface area contributed by atoms with E-state index in [4.69, 9.17) is 0 Å². The molecule has 0 saturated heterocycles. The van der Waals surface area contributed by atoms with Crippen LogP contribution in [-0.2, 0) is 19.3 Å². The highest BCUT2D eigenvalue weighted by Crippen LogP contribution is 2.16. The number of hydrogen-bond donors (Lipinski definition) is 1. The van der Waals surface area contributed by atoms with Crippen molar-refractivity contribution in [1.82, 2.24) is 10.3 Å². The Morgan fingerprint density at radius 3 is 2.52 bits per heavy atom. The van der Waals surface area contributed by atoms with E-state index in [9.17, 15) is 4.79 Å². The summed E-state index contributed by atoms with van der Waals surface area (Å²) in [6, 6.07) is 10.2. The maximum atomic E-state index is 12.4. The predicted molar refractivity (Wildman–Crippen MR) is 104 cm³/mol. The molecular weight excluding hydrogens is 308 g/mol. The van der Waals surface area contributed by atoms with Crippen LogP contribution in [0.5, 0.6) is 0 Å². The molecule has 0 spiro atoms. The van der Waals surface area contributed by atoms with E-state index < -0.39 is 0 Å². The number of unbranched alkanes of at least 4 members (excludes halogenated alkanes) is 1. The summed E-state index contributed by atoms with van der Waals surface area (Å²) in [4.78, 5) is 16.5. The lowest BCUT2D eigenvalue weighted by atomic mass is 9.97. The van der Waals surface area contributed by atoms with E-state index in [1.807, 2.05) is 18.3 Å². The molecule has 0 radical (unpaired) electrons. The molecule has 0 aliphatic heterocycles. The van der Waals surface area contributed by atoms with Gasteiger partial charge in [-0.2, -0.15) is 0 Å². The molecule has 3 heteroatoms. The van der Waals surface area contributed by atoms with Gasteiger partial charge in [-0.15, -0.1) is 0 Å². The molecule has 0 unspecified atom stereocenters.